The van der Waals surface area contributed by atoms with Gasteiger partial charge in [-0.25, -0.2) is 4.79 Å². The van der Waals surface area contributed by atoms with Crippen LogP contribution in [0.15, 0.2) is 54.7 Å². The molecule has 5 heteroatoms. The molecule has 0 spiro atoms. The van der Waals surface area contributed by atoms with E-state index in [9.17, 15) is 9.90 Å². The van der Waals surface area contributed by atoms with E-state index < -0.39 is 5.97 Å². The molecule has 0 saturated carbocycles. The Labute approximate surface area is 164 Å². The maximum atomic E-state index is 11.8. The van der Waals surface area contributed by atoms with E-state index in [1.807, 2.05) is 18.2 Å². The van der Waals surface area contributed by atoms with E-state index in [4.69, 9.17) is 0 Å². The van der Waals surface area contributed by atoms with Crippen molar-refractivity contribution < 1.29 is 9.90 Å². The van der Waals surface area contributed by atoms with Gasteiger partial charge in [-0.1, -0.05) is 50.2 Å². The van der Waals surface area contributed by atoms with Gasteiger partial charge in [-0.2, -0.15) is 0 Å². The highest BCUT2D eigenvalue weighted by Crippen LogP contribution is 2.39. The highest BCUT2D eigenvalue weighted by atomic mass is 16.4. The lowest BCUT2D eigenvalue weighted by atomic mass is 9.82. The third kappa shape index (κ3) is 3.13. The molecule has 0 unspecified atom stereocenters. The second-order valence-electron chi connectivity index (χ2n) is 8.07. The molecule has 0 saturated heterocycles. The lowest BCUT2D eigenvalue weighted by molar-refractivity contribution is -0.130. The van der Waals surface area contributed by atoms with Gasteiger partial charge in [0, 0.05) is 48.3 Å². The molecule has 0 aliphatic carbocycles. The number of nitrogens with zero attached hydrogens (tertiary/aromatic N) is 1. The van der Waals surface area contributed by atoms with Gasteiger partial charge in [0.2, 0.25) is 0 Å². The summed E-state index contributed by atoms with van der Waals surface area (Å²) in [7, 11) is 2.07. The van der Waals surface area contributed by atoms with Gasteiger partial charge in [0.25, 0.3) is 0 Å². The van der Waals surface area contributed by atoms with E-state index in [1.165, 1.54) is 5.56 Å². The van der Waals surface area contributed by atoms with Crippen LogP contribution in [-0.4, -0.2) is 29.7 Å². The van der Waals surface area contributed by atoms with E-state index >= 15 is 0 Å². The molecule has 2 aromatic carbocycles. The Kier molecular flexibility index (Phi) is 4.38. The average molecular weight is 375 g/mol. The van der Waals surface area contributed by atoms with Crippen LogP contribution >= 0.6 is 0 Å². The van der Waals surface area contributed by atoms with E-state index in [-0.39, 0.29) is 11.0 Å². The summed E-state index contributed by atoms with van der Waals surface area (Å²) in [6.07, 6.45) is 1.60. The normalized spacial score (nSPS) is 15.3. The van der Waals surface area contributed by atoms with Crippen molar-refractivity contribution in [2.75, 3.05) is 18.5 Å². The number of aromatic amines is 1. The standard InChI is InChI=1S/C23H25N3O2/c1-23(2)14-24-12-18(22(27)28)21-20(23)17-10-9-16(11-19(17)25-21)26(3)13-15-7-5-4-6-8-15/h4-12,24-25H,13-14H2,1-3H3,(H,27,28). The summed E-state index contributed by atoms with van der Waals surface area (Å²) in [6.45, 7) is 5.77. The molecule has 0 radical (unpaired) electrons. The molecule has 0 atom stereocenters. The summed E-state index contributed by atoms with van der Waals surface area (Å²) in [6, 6.07) is 16.7. The van der Waals surface area contributed by atoms with Crippen LogP contribution in [0.3, 0.4) is 0 Å². The molecule has 0 fully saturated rings. The first-order valence-electron chi connectivity index (χ1n) is 9.45. The number of carbonyl (C=O) groups is 1. The van der Waals surface area contributed by atoms with Crippen molar-refractivity contribution in [2.24, 2.45) is 0 Å². The topological polar surface area (TPSA) is 68.4 Å². The van der Waals surface area contributed by atoms with Crippen molar-refractivity contribution in [3.8, 4) is 0 Å². The van der Waals surface area contributed by atoms with Gasteiger partial charge >= 0.3 is 5.97 Å². The van der Waals surface area contributed by atoms with Crippen LogP contribution in [0.4, 0.5) is 5.69 Å². The minimum Gasteiger partial charge on any atom is -0.478 e. The second kappa shape index (κ2) is 6.75. The van der Waals surface area contributed by atoms with Gasteiger partial charge in [0.05, 0.1) is 11.3 Å². The fourth-order valence-corrected chi connectivity index (χ4v) is 4.01. The number of hydrogen-bond acceptors (Lipinski definition) is 3. The Balaban J connectivity index is 1.78. The smallest absolute Gasteiger partial charge is 0.339 e. The molecule has 0 bridgehead atoms. The summed E-state index contributed by atoms with van der Waals surface area (Å²) < 4.78 is 0. The zero-order valence-electron chi connectivity index (χ0n) is 16.4. The lowest BCUT2D eigenvalue weighted by Gasteiger charge is -2.24. The van der Waals surface area contributed by atoms with Gasteiger partial charge in [-0.3, -0.25) is 0 Å². The van der Waals surface area contributed by atoms with E-state index in [0.29, 0.717) is 12.2 Å². The van der Waals surface area contributed by atoms with Crippen molar-refractivity contribution in [3.05, 3.63) is 71.6 Å². The van der Waals surface area contributed by atoms with E-state index in [0.717, 1.165) is 28.7 Å². The maximum absolute atomic E-state index is 11.8. The Morgan fingerprint density at radius 3 is 2.64 bits per heavy atom. The number of carboxylic acids is 1. The van der Waals surface area contributed by atoms with Crippen LogP contribution in [0.1, 0.15) is 30.7 Å². The highest BCUT2D eigenvalue weighted by Gasteiger charge is 2.32. The number of anilines is 1. The zero-order valence-corrected chi connectivity index (χ0v) is 16.4. The van der Waals surface area contributed by atoms with E-state index in [1.54, 1.807) is 6.20 Å². The quantitative estimate of drug-likeness (QED) is 0.642. The molecule has 0 amide bonds. The molecule has 3 aromatic rings. The number of hydrogen-bond donors (Lipinski definition) is 3. The zero-order chi connectivity index (χ0) is 19.9. The van der Waals surface area contributed by atoms with Crippen molar-refractivity contribution in [2.45, 2.75) is 25.8 Å². The van der Waals surface area contributed by atoms with Crippen LogP contribution in [-0.2, 0) is 16.8 Å². The minimum absolute atomic E-state index is 0.196. The molecule has 3 N–H and O–H groups in total. The van der Waals surface area contributed by atoms with Crippen LogP contribution < -0.4 is 10.2 Å². The van der Waals surface area contributed by atoms with Crippen LogP contribution in [0.2, 0.25) is 0 Å². The largest absolute Gasteiger partial charge is 0.478 e. The van der Waals surface area contributed by atoms with Gasteiger partial charge in [-0.05, 0) is 23.3 Å². The van der Waals surface area contributed by atoms with Crippen LogP contribution in [0.25, 0.3) is 16.5 Å². The Hall–Kier alpha value is -3.21. The number of aromatic nitrogens is 1. The van der Waals surface area contributed by atoms with Gasteiger partial charge in [-0.15, -0.1) is 0 Å². The number of aliphatic carboxylic acids is 1. The third-order valence-electron chi connectivity index (χ3n) is 5.45. The van der Waals surface area contributed by atoms with Gasteiger partial charge in [0.1, 0.15) is 0 Å². The summed E-state index contributed by atoms with van der Waals surface area (Å²) in [4.78, 5) is 17.4. The Bertz CT molecular complexity index is 1060. The molecule has 1 aromatic heterocycles. The predicted molar refractivity (Wildman–Crippen MR) is 113 cm³/mol. The number of H-pyrrole nitrogens is 1. The lowest BCUT2D eigenvalue weighted by Crippen LogP contribution is -2.29. The molecule has 1 aliphatic rings. The monoisotopic (exact) mass is 375 g/mol. The maximum Gasteiger partial charge on any atom is 0.339 e. The fourth-order valence-electron chi connectivity index (χ4n) is 4.01. The predicted octanol–water partition coefficient (Wildman–Crippen LogP) is 4.11. The summed E-state index contributed by atoms with van der Waals surface area (Å²) in [5.41, 5.74) is 5.12. The van der Waals surface area contributed by atoms with E-state index in [2.05, 4.69) is 66.4 Å². The molecule has 144 valence electrons. The van der Waals surface area contributed by atoms with Crippen LogP contribution in [0, 0.1) is 0 Å². The second-order valence-corrected chi connectivity index (χ2v) is 8.07. The van der Waals surface area contributed by atoms with Gasteiger partial charge in [0.15, 0.2) is 0 Å². The Morgan fingerprint density at radius 2 is 1.93 bits per heavy atom. The molecule has 28 heavy (non-hydrogen) atoms. The fraction of sp³-hybridized carbons (Fsp3) is 0.261. The number of benzene rings is 2. The highest BCUT2D eigenvalue weighted by molar-refractivity contribution is 6.17. The molecule has 1 aliphatic heterocycles. The first kappa shape index (κ1) is 18.2. The first-order valence-corrected chi connectivity index (χ1v) is 9.45. The summed E-state index contributed by atoms with van der Waals surface area (Å²) in [5, 5.41) is 13.9. The minimum atomic E-state index is -0.931. The number of carboxylic acid groups (broad SMARTS) is 1. The van der Waals surface area contributed by atoms with Crippen LogP contribution in [0.5, 0.6) is 0 Å². The van der Waals surface area contributed by atoms with Crippen molar-refractivity contribution >= 4 is 28.1 Å². The van der Waals surface area contributed by atoms with Crippen molar-refractivity contribution in [1.29, 1.82) is 0 Å². The van der Waals surface area contributed by atoms with Gasteiger partial charge < -0.3 is 20.3 Å². The first-order chi connectivity index (χ1) is 13.4. The summed E-state index contributed by atoms with van der Waals surface area (Å²) >= 11 is 0. The van der Waals surface area contributed by atoms with Crippen molar-refractivity contribution in [1.82, 2.24) is 10.3 Å². The molecule has 2 heterocycles. The number of rotatable bonds is 4. The average Bonchev–Trinajstić information content (AvgIpc) is 2.98. The van der Waals surface area contributed by atoms with Crippen molar-refractivity contribution in [3.63, 3.8) is 0 Å². The Morgan fingerprint density at radius 1 is 1.18 bits per heavy atom. The summed E-state index contributed by atoms with van der Waals surface area (Å²) in [5.74, 6) is -0.931. The SMILES string of the molecule is CN(Cc1ccccc1)c1ccc2c3c([nH]c2c1)C(C(=O)O)=CNCC3(C)C. The molecular weight excluding hydrogens is 350 g/mol. The molecular formula is C23H25N3O2. The third-order valence-corrected chi connectivity index (χ3v) is 5.45. The number of fused-ring (bicyclic) bond motifs is 3. The molecule has 5 nitrogen and oxygen atoms in total. The molecule has 4 rings (SSSR count). The number of nitrogens with one attached hydrogen (secondary N) is 2.